The molecule has 0 saturated carbocycles. The lowest BCUT2D eigenvalue weighted by molar-refractivity contribution is 0.913. The number of aryl methyl sites for hydroxylation is 2. The van der Waals surface area contributed by atoms with Crippen LogP contribution in [0, 0.1) is 0 Å². The monoisotopic (exact) mass is 297 g/mol. The van der Waals surface area contributed by atoms with Crippen LogP contribution in [0.5, 0.6) is 0 Å². The van der Waals surface area contributed by atoms with Crippen LogP contribution in [0.15, 0.2) is 46.9 Å². The summed E-state index contributed by atoms with van der Waals surface area (Å²) >= 11 is 3.58. The van der Waals surface area contributed by atoms with Crippen molar-refractivity contribution in [2.24, 2.45) is 0 Å². The van der Waals surface area contributed by atoms with Gasteiger partial charge in [0, 0.05) is 26.6 Å². The first kappa shape index (κ1) is 10.4. The van der Waals surface area contributed by atoms with Gasteiger partial charge in [0.05, 0.1) is 0 Å². The number of hydrogen-bond donors (Lipinski definition) is 1. The first-order chi connectivity index (χ1) is 8.83. The summed E-state index contributed by atoms with van der Waals surface area (Å²) in [5, 5.41) is 1.34. The maximum atomic E-state index is 3.58. The van der Waals surface area contributed by atoms with Crippen molar-refractivity contribution < 1.29 is 0 Å². The van der Waals surface area contributed by atoms with E-state index in [0.717, 1.165) is 17.3 Å². The normalized spacial score (nSPS) is 13.4. The average molecular weight is 298 g/mol. The molecule has 1 N–H and O–H groups in total. The summed E-state index contributed by atoms with van der Waals surface area (Å²) in [6.45, 7) is 0. The number of aromatic nitrogens is 1. The highest BCUT2D eigenvalue weighted by Gasteiger charge is 2.20. The Balaban J connectivity index is 2.12. The van der Waals surface area contributed by atoms with Crippen LogP contribution in [0.25, 0.3) is 22.0 Å². The van der Waals surface area contributed by atoms with E-state index in [1.165, 1.54) is 33.3 Å². The quantitative estimate of drug-likeness (QED) is 0.619. The van der Waals surface area contributed by atoms with Crippen LogP contribution in [0.1, 0.15) is 11.3 Å². The zero-order valence-corrected chi connectivity index (χ0v) is 11.4. The third kappa shape index (κ3) is 1.39. The van der Waals surface area contributed by atoms with E-state index in [9.17, 15) is 0 Å². The highest BCUT2D eigenvalue weighted by molar-refractivity contribution is 9.10. The van der Waals surface area contributed by atoms with Crippen LogP contribution in [0.3, 0.4) is 0 Å². The van der Waals surface area contributed by atoms with Gasteiger partial charge in [0.25, 0.3) is 0 Å². The molecule has 18 heavy (non-hydrogen) atoms. The predicted molar refractivity (Wildman–Crippen MR) is 78.8 cm³/mol. The van der Waals surface area contributed by atoms with Gasteiger partial charge in [-0.25, -0.2) is 0 Å². The summed E-state index contributed by atoms with van der Waals surface area (Å²) in [5.41, 5.74) is 6.85. The standard InChI is InChI=1S/C16H12BrN/c17-11-7-5-10-6-8-15-16(13(10)9-11)12-3-1-2-4-14(12)18-15/h1-5,7,9,18H,6,8H2. The van der Waals surface area contributed by atoms with Crippen molar-refractivity contribution in [3.63, 3.8) is 0 Å². The molecule has 0 bridgehead atoms. The highest BCUT2D eigenvalue weighted by atomic mass is 79.9. The van der Waals surface area contributed by atoms with Gasteiger partial charge < -0.3 is 4.98 Å². The molecule has 3 aromatic rings. The number of benzene rings is 2. The Labute approximate surface area is 114 Å². The Morgan fingerprint density at radius 1 is 1.00 bits per heavy atom. The molecule has 0 saturated heterocycles. The third-order valence-electron chi connectivity index (χ3n) is 3.77. The fraction of sp³-hybridized carbons (Fsp3) is 0.125. The van der Waals surface area contributed by atoms with E-state index in [1.807, 2.05) is 0 Å². The molecule has 2 heteroatoms. The number of halogens is 1. The smallest absolute Gasteiger partial charge is 0.0462 e. The fourth-order valence-corrected chi connectivity index (χ4v) is 3.31. The van der Waals surface area contributed by atoms with Gasteiger partial charge in [-0.15, -0.1) is 0 Å². The third-order valence-corrected chi connectivity index (χ3v) is 4.26. The summed E-state index contributed by atoms with van der Waals surface area (Å²) in [5.74, 6) is 0. The van der Waals surface area contributed by atoms with Gasteiger partial charge in [-0.1, -0.05) is 40.2 Å². The lowest BCUT2D eigenvalue weighted by Gasteiger charge is -2.17. The summed E-state index contributed by atoms with van der Waals surface area (Å²) in [7, 11) is 0. The number of fused-ring (bicyclic) bond motifs is 5. The van der Waals surface area contributed by atoms with E-state index in [4.69, 9.17) is 0 Å². The van der Waals surface area contributed by atoms with Crippen LogP contribution in [0.4, 0.5) is 0 Å². The Morgan fingerprint density at radius 3 is 2.83 bits per heavy atom. The topological polar surface area (TPSA) is 15.8 Å². The molecule has 0 unspecified atom stereocenters. The van der Waals surface area contributed by atoms with Crippen LogP contribution < -0.4 is 0 Å². The van der Waals surface area contributed by atoms with E-state index in [2.05, 4.69) is 63.4 Å². The van der Waals surface area contributed by atoms with Crippen molar-refractivity contribution in [3.8, 4) is 11.1 Å². The van der Waals surface area contributed by atoms with Gasteiger partial charge >= 0.3 is 0 Å². The fourth-order valence-electron chi connectivity index (χ4n) is 2.95. The molecule has 0 atom stereocenters. The van der Waals surface area contributed by atoms with Crippen molar-refractivity contribution in [1.82, 2.24) is 4.98 Å². The second-order valence-electron chi connectivity index (χ2n) is 4.83. The molecular weight excluding hydrogens is 286 g/mol. The minimum atomic E-state index is 1.11. The number of hydrogen-bond acceptors (Lipinski definition) is 0. The second-order valence-corrected chi connectivity index (χ2v) is 5.74. The van der Waals surface area contributed by atoms with Crippen LogP contribution in [-0.2, 0) is 12.8 Å². The minimum Gasteiger partial charge on any atom is -0.358 e. The molecule has 1 nitrogen and oxygen atoms in total. The minimum absolute atomic E-state index is 1.11. The van der Waals surface area contributed by atoms with Gasteiger partial charge in [0.1, 0.15) is 0 Å². The zero-order chi connectivity index (χ0) is 12.1. The summed E-state index contributed by atoms with van der Waals surface area (Å²) < 4.78 is 1.15. The molecule has 0 spiro atoms. The van der Waals surface area contributed by atoms with E-state index < -0.39 is 0 Å². The van der Waals surface area contributed by atoms with Crippen molar-refractivity contribution in [3.05, 3.63) is 58.2 Å². The Morgan fingerprint density at radius 2 is 1.89 bits per heavy atom. The van der Waals surface area contributed by atoms with Gasteiger partial charge in [-0.3, -0.25) is 0 Å². The molecule has 1 aliphatic carbocycles. The Kier molecular flexibility index (Phi) is 2.15. The summed E-state index contributed by atoms with van der Waals surface area (Å²) in [6.07, 6.45) is 2.24. The first-order valence-corrected chi connectivity index (χ1v) is 7.00. The van der Waals surface area contributed by atoms with E-state index in [1.54, 1.807) is 0 Å². The van der Waals surface area contributed by atoms with Crippen molar-refractivity contribution in [2.75, 3.05) is 0 Å². The number of rotatable bonds is 0. The average Bonchev–Trinajstić information content (AvgIpc) is 2.77. The number of nitrogens with one attached hydrogen (secondary N) is 1. The predicted octanol–water partition coefficient (Wildman–Crippen LogP) is 4.70. The zero-order valence-electron chi connectivity index (χ0n) is 9.83. The van der Waals surface area contributed by atoms with Gasteiger partial charge in [-0.05, 0) is 42.2 Å². The van der Waals surface area contributed by atoms with Crippen molar-refractivity contribution >= 4 is 26.8 Å². The summed E-state index contributed by atoms with van der Waals surface area (Å²) in [4.78, 5) is 3.56. The van der Waals surface area contributed by atoms with Crippen molar-refractivity contribution in [1.29, 1.82) is 0 Å². The second kappa shape index (κ2) is 3.72. The SMILES string of the molecule is Brc1ccc2c(c1)-c1c([nH]c3ccccc13)CC2. The molecule has 2 aromatic carbocycles. The lowest BCUT2D eigenvalue weighted by atomic mass is 9.88. The molecular formula is C16H12BrN. The maximum absolute atomic E-state index is 3.58. The Bertz CT molecular complexity index is 755. The van der Waals surface area contributed by atoms with E-state index in [0.29, 0.717) is 0 Å². The molecule has 1 aromatic heterocycles. The van der Waals surface area contributed by atoms with E-state index in [-0.39, 0.29) is 0 Å². The van der Waals surface area contributed by atoms with Gasteiger partial charge in [0.2, 0.25) is 0 Å². The molecule has 0 fully saturated rings. The molecule has 0 radical (unpaired) electrons. The summed E-state index contributed by atoms with van der Waals surface area (Å²) in [6, 6.07) is 15.2. The molecule has 4 rings (SSSR count). The number of para-hydroxylation sites is 1. The largest absolute Gasteiger partial charge is 0.358 e. The van der Waals surface area contributed by atoms with Crippen LogP contribution >= 0.6 is 15.9 Å². The molecule has 0 amide bonds. The van der Waals surface area contributed by atoms with Crippen LogP contribution in [0.2, 0.25) is 0 Å². The number of aromatic amines is 1. The number of H-pyrrole nitrogens is 1. The first-order valence-electron chi connectivity index (χ1n) is 6.21. The molecule has 1 heterocycles. The maximum Gasteiger partial charge on any atom is 0.0462 e. The van der Waals surface area contributed by atoms with Gasteiger partial charge in [-0.2, -0.15) is 0 Å². The highest BCUT2D eigenvalue weighted by Crippen LogP contribution is 2.39. The molecule has 0 aliphatic heterocycles. The van der Waals surface area contributed by atoms with E-state index >= 15 is 0 Å². The lowest BCUT2D eigenvalue weighted by Crippen LogP contribution is -2.02. The van der Waals surface area contributed by atoms with Crippen LogP contribution in [-0.4, -0.2) is 4.98 Å². The molecule has 1 aliphatic rings. The Hall–Kier alpha value is -1.54. The molecule has 88 valence electrons. The van der Waals surface area contributed by atoms with Gasteiger partial charge in [0.15, 0.2) is 0 Å². The van der Waals surface area contributed by atoms with Crippen molar-refractivity contribution in [2.45, 2.75) is 12.8 Å².